The molecule has 3 aromatic rings. The van der Waals surface area contributed by atoms with Gasteiger partial charge in [0.2, 0.25) is 0 Å². The van der Waals surface area contributed by atoms with Crippen molar-refractivity contribution in [2.75, 3.05) is 20.3 Å². The lowest BCUT2D eigenvalue weighted by molar-refractivity contribution is 0.200. The monoisotopic (exact) mass is 436 g/mol. The summed E-state index contributed by atoms with van der Waals surface area (Å²) >= 11 is 6.03. The molecule has 31 heavy (non-hydrogen) atoms. The van der Waals surface area contributed by atoms with Gasteiger partial charge in [0.25, 0.3) is 0 Å². The lowest BCUT2D eigenvalue weighted by atomic mass is 10.0. The Labute approximate surface area is 189 Å². The first-order valence-corrected chi connectivity index (χ1v) is 11.2. The van der Waals surface area contributed by atoms with E-state index in [1.807, 2.05) is 24.5 Å². The van der Waals surface area contributed by atoms with E-state index >= 15 is 0 Å². The van der Waals surface area contributed by atoms with Crippen LogP contribution in [0, 0.1) is 6.92 Å². The molecule has 162 valence electrons. The van der Waals surface area contributed by atoms with Gasteiger partial charge in [-0.2, -0.15) is 0 Å². The number of aromatic nitrogens is 3. The van der Waals surface area contributed by atoms with Crippen molar-refractivity contribution in [1.82, 2.24) is 19.9 Å². The quantitative estimate of drug-likeness (QED) is 0.500. The van der Waals surface area contributed by atoms with Crippen LogP contribution in [0.4, 0.5) is 0 Å². The van der Waals surface area contributed by atoms with Crippen molar-refractivity contribution in [3.8, 4) is 0 Å². The molecule has 0 radical (unpaired) electrons. The van der Waals surface area contributed by atoms with Gasteiger partial charge in [0.15, 0.2) is 0 Å². The van der Waals surface area contributed by atoms with Gasteiger partial charge < -0.3 is 4.74 Å². The number of methoxy groups -OCH3 is 1. The Balaban J connectivity index is 1.47. The number of benzene rings is 1. The Hall–Kier alpha value is -2.34. The van der Waals surface area contributed by atoms with Crippen LogP contribution >= 0.6 is 11.6 Å². The fraction of sp³-hybridized carbons (Fsp3) is 0.400. The summed E-state index contributed by atoms with van der Waals surface area (Å²) in [6.07, 6.45) is 7.83. The third kappa shape index (κ3) is 5.88. The number of aryl methyl sites for hydroxylation is 1. The molecule has 1 saturated heterocycles. The molecule has 0 unspecified atom stereocenters. The lowest BCUT2D eigenvalue weighted by Gasteiger charge is -2.24. The Morgan fingerprint density at radius 3 is 2.58 bits per heavy atom. The summed E-state index contributed by atoms with van der Waals surface area (Å²) in [5.41, 5.74) is 5.93. The van der Waals surface area contributed by atoms with E-state index in [0.29, 0.717) is 12.6 Å². The second-order valence-electron chi connectivity index (χ2n) is 8.22. The first kappa shape index (κ1) is 21.9. The van der Waals surface area contributed by atoms with E-state index in [1.165, 1.54) is 23.2 Å². The van der Waals surface area contributed by atoms with Crippen LogP contribution in [0.25, 0.3) is 0 Å². The van der Waals surface area contributed by atoms with Crippen molar-refractivity contribution in [2.24, 2.45) is 0 Å². The molecule has 3 heterocycles. The molecule has 2 aromatic heterocycles. The Morgan fingerprint density at radius 2 is 1.84 bits per heavy atom. The first-order valence-electron chi connectivity index (χ1n) is 10.9. The molecule has 0 bridgehead atoms. The van der Waals surface area contributed by atoms with Crippen LogP contribution in [0.5, 0.6) is 0 Å². The summed E-state index contributed by atoms with van der Waals surface area (Å²) in [5, 5.41) is 0.771. The van der Waals surface area contributed by atoms with Gasteiger partial charge >= 0.3 is 0 Å². The molecule has 1 fully saturated rings. The molecule has 0 spiro atoms. The van der Waals surface area contributed by atoms with Crippen LogP contribution in [0.1, 0.15) is 52.8 Å². The van der Waals surface area contributed by atoms with Crippen molar-refractivity contribution in [3.63, 3.8) is 0 Å². The van der Waals surface area contributed by atoms with Crippen LogP contribution in [0.2, 0.25) is 5.02 Å². The average Bonchev–Trinajstić information content (AvgIpc) is 3.23. The zero-order valence-corrected chi connectivity index (χ0v) is 19.0. The molecule has 5 nitrogen and oxygen atoms in total. The second-order valence-corrected chi connectivity index (χ2v) is 8.66. The third-order valence-electron chi connectivity index (χ3n) is 5.73. The molecule has 1 aliphatic heterocycles. The molecule has 0 saturated carbocycles. The third-order valence-corrected chi connectivity index (χ3v) is 5.99. The highest BCUT2D eigenvalue weighted by Crippen LogP contribution is 2.33. The summed E-state index contributed by atoms with van der Waals surface area (Å²) in [6, 6.07) is 12.9. The maximum Gasteiger partial charge on any atom is 0.130 e. The Kier molecular flexibility index (Phi) is 7.28. The molecule has 0 aliphatic carbocycles. The number of hydrogen-bond acceptors (Lipinski definition) is 5. The smallest absolute Gasteiger partial charge is 0.130 e. The molecule has 0 amide bonds. The largest absolute Gasteiger partial charge is 0.384 e. The van der Waals surface area contributed by atoms with Gasteiger partial charge in [-0.3, -0.25) is 9.88 Å². The van der Waals surface area contributed by atoms with Crippen molar-refractivity contribution in [1.29, 1.82) is 0 Å². The van der Waals surface area contributed by atoms with Crippen LogP contribution in [0.3, 0.4) is 0 Å². The SMILES string of the molecule is COCCc1ncc(CN2CCC[C@H]2c2cc(Cc3ccc(Cl)cc3)cc(C)n2)cn1. The van der Waals surface area contributed by atoms with E-state index in [1.54, 1.807) is 7.11 Å². The van der Waals surface area contributed by atoms with Gasteiger partial charge in [0, 0.05) is 48.7 Å². The normalized spacial score (nSPS) is 16.7. The van der Waals surface area contributed by atoms with E-state index in [0.717, 1.165) is 54.5 Å². The number of nitrogens with zero attached hydrogens (tertiary/aromatic N) is 4. The summed E-state index contributed by atoms with van der Waals surface area (Å²) in [6.45, 7) is 4.64. The predicted octanol–water partition coefficient (Wildman–Crippen LogP) is 4.95. The molecule has 1 atom stereocenters. The second kappa shape index (κ2) is 10.3. The first-order chi connectivity index (χ1) is 15.1. The van der Waals surface area contributed by atoms with Gasteiger partial charge in [-0.1, -0.05) is 23.7 Å². The van der Waals surface area contributed by atoms with Gasteiger partial charge in [-0.05, 0) is 68.1 Å². The van der Waals surface area contributed by atoms with Crippen LogP contribution in [-0.2, 0) is 24.1 Å². The average molecular weight is 437 g/mol. The van der Waals surface area contributed by atoms with E-state index in [2.05, 4.69) is 46.1 Å². The Morgan fingerprint density at radius 1 is 1.06 bits per heavy atom. The molecular weight excluding hydrogens is 408 g/mol. The lowest BCUT2D eigenvalue weighted by Crippen LogP contribution is -2.24. The number of pyridine rings is 1. The van der Waals surface area contributed by atoms with E-state index < -0.39 is 0 Å². The summed E-state index contributed by atoms with van der Waals surface area (Å²) in [7, 11) is 1.70. The minimum absolute atomic E-state index is 0.331. The highest BCUT2D eigenvalue weighted by molar-refractivity contribution is 6.30. The fourth-order valence-corrected chi connectivity index (χ4v) is 4.38. The maximum atomic E-state index is 6.03. The predicted molar refractivity (Wildman–Crippen MR) is 123 cm³/mol. The topological polar surface area (TPSA) is 51.1 Å². The van der Waals surface area contributed by atoms with Gasteiger partial charge in [0.1, 0.15) is 5.82 Å². The number of rotatable bonds is 8. The van der Waals surface area contributed by atoms with E-state index in [9.17, 15) is 0 Å². The van der Waals surface area contributed by atoms with E-state index in [-0.39, 0.29) is 0 Å². The van der Waals surface area contributed by atoms with Crippen LogP contribution < -0.4 is 0 Å². The summed E-state index contributed by atoms with van der Waals surface area (Å²) in [5.74, 6) is 0.829. The van der Waals surface area contributed by atoms with Crippen molar-refractivity contribution >= 4 is 11.6 Å². The minimum Gasteiger partial charge on any atom is -0.384 e. The molecule has 4 rings (SSSR count). The Bertz CT molecular complexity index is 991. The molecule has 0 N–H and O–H groups in total. The highest BCUT2D eigenvalue weighted by atomic mass is 35.5. The van der Waals surface area contributed by atoms with Crippen molar-refractivity contribution in [2.45, 2.75) is 45.2 Å². The molecular formula is C25H29ClN4O. The highest BCUT2D eigenvalue weighted by Gasteiger charge is 2.27. The van der Waals surface area contributed by atoms with Gasteiger partial charge in [-0.25, -0.2) is 9.97 Å². The van der Waals surface area contributed by atoms with Crippen LogP contribution in [-0.4, -0.2) is 40.1 Å². The minimum atomic E-state index is 0.331. The maximum absolute atomic E-state index is 6.03. The summed E-state index contributed by atoms with van der Waals surface area (Å²) < 4.78 is 5.11. The van der Waals surface area contributed by atoms with E-state index in [4.69, 9.17) is 21.3 Å². The molecule has 1 aliphatic rings. The van der Waals surface area contributed by atoms with Crippen molar-refractivity contribution < 1.29 is 4.74 Å². The van der Waals surface area contributed by atoms with Gasteiger partial charge in [-0.15, -0.1) is 0 Å². The van der Waals surface area contributed by atoms with Crippen molar-refractivity contribution in [3.05, 3.63) is 87.7 Å². The zero-order chi connectivity index (χ0) is 21.6. The summed E-state index contributed by atoms with van der Waals surface area (Å²) in [4.78, 5) is 16.4. The standard InChI is InChI=1S/C25H29ClN4O/c1-18-12-20(13-19-5-7-22(26)8-6-19)14-23(29-18)24-4-3-10-30(24)17-21-15-27-25(28-16-21)9-11-31-2/h5-8,12,14-16,24H,3-4,9-11,13,17H2,1-2H3/t24-/m0/s1. The van der Waals surface area contributed by atoms with Crippen LogP contribution in [0.15, 0.2) is 48.8 Å². The molecule has 1 aromatic carbocycles. The molecule has 6 heteroatoms. The number of ether oxygens (including phenoxy) is 1. The number of halogens is 1. The van der Waals surface area contributed by atoms with Gasteiger partial charge in [0.05, 0.1) is 18.3 Å². The number of likely N-dealkylation sites (tertiary alicyclic amines) is 1. The zero-order valence-electron chi connectivity index (χ0n) is 18.2. The fourth-order valence-electron chi connectivity index (χ4n) is 4.25. The number of hydrogen-bond donors (Lipinski definition) is 0.